The van der Waals surface area contributed by atoms with Gasteiger partial charge in [-0.3, -0.25) is 9.89 Å². The van der Waals surface area contributed by atoms with E-state index >= 15 is 0 Å². The molecular formula is C22H21N5O4. The molecule has 0 saturated heterocycles. The van der Waals surface area contributed by atoms with Crippen molar-refractivity contribution in [2.45, 2.75) is 0 Å². The normalized spacial score (nSPS) is 10.7. The Morgan fingerprint density at radius 3 is 2.48 bits per heavy atom. The molecule has 2 aromatic heterocycles. The van der Waals surface area contributed by atoms with Gasteiger partial charge >= 0.3 is 0 Å². The predicted molar refractivity (Wildman–Crippen MR) is 114 cm³/mol. The third-order valence-electron chi connectivity index (χ3n) is 4.72. The Balaban J connectivity index is 1.58. The van der Waals surface area contributed by atoms with E-state index in [-0.39, 0.29) is 5.91 Å². The lowest BCUT2D eigenvalue weighted by molar-refractivity contribution is 0.0827. The molecule has 0 radical (unpaired) electrons. The van der Waals surface area contributed by atoms with Crippen LogP contribution in [-0.2, 0) is 0 Å². The lowest BCUT2D eigenvalue weighted by Gasteiger charge is -2.09. The minimum atomic E-state index is -0.0701. The maximum absolute atomic E-state index is 12.0. The van der Waals surface area contributed by atoms with Crippen LogP contribution in [0.2, 0.25) is 0 Å². The second-order valence-corrected chi connectivity index (χ2v) is 6.93. The number of aromatic nitrogens is 4. The molecule has 2 aromatic carbocycles. The molecule has 0 bridgehead atoms. The number of benzene rings is 2. The van der Waals surface area contributed by atoms with Gasteiger partial charge in [0.05, 0.1) is 19.9 Å². The number of carbonyl (C=O) groups is 1. The van der Waals surface area contributed by atoms with Crippen LogP contribution in [0.5, 0.6) is 11.5 Å². The van der Waals surface area contributed by atoms with Gasteiger partial charge in [-0.25, -0.2) is 0 Å². The second-order valence-electron chi connectivity index (χ2n) is 6.93. The first-order valence-corrected chi connectivity index (χ1v) is 9.44. The first-order valence-electron chi connectivity index (χ1n) is 9.44. The molecule has 9 heteroatoms. The number of amides is 1. The lowest BCUT2D eigenvalue weighted by atomic mass is 10.1. The van der Waals surface area contributed by atoms with Crippen molar-refractivity contribution in [2.75, 3.05) is 28.3 Å². The Labute approximate surface area is 178 Å². The van der Waals surface area contributed by atoms with E-state index in [2.05, 4.69) is 20.3 Å². The van der Waals surface area contributed by atoms with Crippen molar-refractivity contribution < 1.29 is 18.8 Å². The summed E-state index contributed by atoms with van der Waals surface area (Å²) < 4.78 is 16.1. The smallest absolute Gasteiger partial charge is 0.276 e. The Morgan fingerprint density at radius 1 is 1.03 bits per heavy atom. The number of H-pyrrole nitrogens is 1. The Bertz CT molecular complexity index is 1210. The molecule has 0 aliphatic heterocycles. The number of ether oxygens (including phenoxy) is 2. The van der Waals surface area contributed by atoms with Gasteiger partial charge in [-0.15, -0.1) is 0 Å². The summed E-state index contributed by atoms with van der Waals surface area (Å²) in [5, 5.41) is 11.3. The summed E-state index contributed by atoms with van der Waals surface area (Å²) >= 11 is 0. The molecular weight excluding hydrogens is 398 g/mol. The largest absolute Gasteiger partial charge is 0.497 e. The van der Waals surface area contributed by atoms with E-state index in [1.54, 1.807) is 64.7 Å². The molecule has 0 fully saturated rings. The van der Waals surface area contributed by atoms with E-state index < -0.39 is 0 Å². The SMILES string of the molecule is COc1ccc(-c2cc(-c3nc(-c4ccc(C(=O)N(C)C)cc4)no3)[nH]n2)c(OC)c1. The van der Waals surface area contributed by atoms with Crippen LogP contribution < -0.4 is 9.47 Å². The fourth-order valence-corrected chi connectivity index (χ4v) is 3.05. The topological polar surface area (TPSA) is 106 Å². The van der Waals surface area contributed by atoms with E-state index in [1.807, 2.05) is 12.1 Å². The van der Waals surface area contributed by atoms with Gasteiger partial charge in [-0.2, -0.15) is 10.1 Å². The Kier molecular flexibility index (Phi) is 5.40. The third kappa shape index (κ3) is 3.97. The molecule has 1 amide bonds. The number of hydrogen-bond donors (Lipinski definition) is 1. The Morgan fingerprint density at radius 2 is 1.81 bits per heavy atom. The molecule has 4 rings (SSSR count). The monoisotopic (exact) mass is 419 g/mol. The molecule has 0 spiro atoms. The standard InChI is InChI=1S/C22H21N5O4/c1-27(2)22(28)14-7-5-13(6-8-14)20-23-21(31-26-20)18-12-17(24-25-18)16-10-9-15(29-3)11-19(16)30-4/h5-12H,1-4H3,(H,24,25). The molecule has 0 saturated carbocycles. The number of nitrogens with one attached hydrogen (secondary N) is 1. The number of rotatable bonds is 6. The van der Waals surface area contributed by atoms with Gasteiger partial charge < -0.3 is 18.9 Å². The molecule has 0 unspecified atom stereocenters. The summed E-state index contributed by atoms with van der Waals surface area (Å²) in [5.74, 6) is 1.97. The number of carbonyl (C=O) groups excluding carboxylic acids is 1. The summed E-state index contributed by atoms with van der Waals surface area (Å²) in [5.41, 5.74) is 3.37. The first kappa shape index (κ1) is 20.1. The van der Waals surface area contributed by atoms with Crippen LogP contribution in [0.3, 0.4) is 0 Å². The molecule has 0 aliphatic rings. The highest BCUT2D eigenvalue weighted by Gasteiger charge is 2.17. The number of methoxy groups -OCH3 is 2. The van der Waals surface area contributed by atoms with Crippen molar-refractivity contribution in [3.05, 3.63) is 54.1 Å². The molecule has 0 atom stereocenters. The number of nitrogens with zero attached hydrogens (tertiary/aromatic N) is 4. The fourth-order valence-electron chi connectivity index (χ4n) is 3.05. The Hall–Kier alpha value is -4.14. The average Bonchev–Trinajstić information content (AvgIpc) is 3.48. The van der Waals surface area contributed by atoms with Crippen molar-refractivity contribution in [1.82, 2.24) is 25.2 Å². The van der Waals surface area contributed by atoms with E-state index in [9.17, 15) is 4.79 Å². The molecule has 9 nitrogen and oxygen atoms in total. The van der Waals surface area contributed by atoms with Crippen molar-refractivity contribution in [3.63, 3.8) is 0 Å². The van der Waals surface area contributed by atoms with Crippen molar-refractivity contribution >= 4 is 5.91 Å². The van der Waals surface area contributed by atoms with Crippen molar-refractivity contribution in [1.29, 1.82) is 0 Å². The van der Waals surface area contributed by atoms with Gasteiger partial charge in [-0.05, 0) is 30.3 Å². The zero-order valence-corrected chi connectivity index (χ0v) is 17.5. The van der Waals surface area contributed by atoms with Crippen LogP contribution >= 0.6 is 0 Å². The fraction of sp³-hybridized carbons (Fsp3) is 0.182. The molecule has 158 valence electrons. The van der Waals surface area contributed by atoms with E-state index in [0.717, 1.165) is 11.1 Å². The first-order chi connectivity index (χ1) is 15.0. The van der Waals surface area contributed by atoms with Crippen LogP contribution in [-0.4, -0.2) is 59.5 Å². The number of hydrogen-bond acceptors (Lipinski definition) is 7. The van der Waals surface area contributed by atoms with Crippen LogP contribution in [0.25, 0.3) is 34.2 Å². The minimum absolute atomic E-state index is 0.0701. The van der Waals surface area contributed by atoms with Crippen molar-refractivity contribution in [3.8, 4) is 45.7 Å². The third-order valence-corrected chi connectivity index (χ3v) is 4.72. The summed E-state index contributed by atoms with van der Waals surface area (Å²) in [6, 6.07) is 14.3. The lowest BCUT2D eigenvalue weighted by Crippen LogP contribution is -2.21. The highest BCUT2D eigenvalue weighted by molar-refractivity contribution is 5.94. The van der Waals surface area contributed by atoms with Crippen LogP contribution in [0.15, 0.2) is 53.1 Å². The molecule has 4 aromatic rings. The molecule has 2 heterocycles. The van der Waals surface area contributed by atoms with E-state index in [4.69, 9.17) is 14.0 Å². The zero-order valence-electron chi connectivity index (χ0n) is 17.5. The van der Waals surface area contributed by atoms with E-state index in [0.29, 0.717) is 40.2 Å². The molecule has 0 aliphatic carbocycles. The second kappa shape index (κ2) is 8.31. The summed E-state index contributed by atoms with van der Waals surface area (Å²) in [6.45, 7) is 0. The predicted octanol–water partition coefficient (Wildman–Crippen LogP) is 3.51. The maximum Gasteiger partial charge on any atom is 0.276 e. The van der Waals surface area contributed by atoms with Crippen LogP contribution in [0.1, 0.15) is 10.4 Å². The highest BCUT2D eigenvalue weighted by Crippen LogP contribution is 2.33. The van der Waals surface area contributed by atoms with Crippen LogP contribution in [0.4, 0.5) is 0 Å². The summed E-state index contributed by atoms with van der Waals surface area (Å²) in [6.07, 6.45) is 0. The number of aromatic amines is 1. The van der Waals surface area contributed by atoms with Gasteiger partial charge in [0.2, 0.25) is 5.82 Å². The van der Waals surface area contributed by atoms with Crippen molar-refractivity contribution in [2.24, 2.45) is 0 Å². The summed E-state index contributed by atoms with van der Waals surface area (Å²) in [7, 11) is 6.61. The van der Waals surface area contributed by atoms with E-state index in [1.165, 1.54) is 4.90 Å². The summed E-state index contributed by atoms with van der Waals surface area (Å²) in [4.78, 5) is 18.0. The molecule has 1 N–H and O–H groups in total. The van der Waals surface area contributed by atoms with Gasteiger partial charge in [-0.1, -0.05) is 17.3 Å². The van der Waals surface area contributed by atoms with Gasteiger partial charge in [0, 0.05) is 36.9 Å². The van der Waals surface area contributed by atoms with Gasteiger partial charge in [0.1, 0.15) is 17.2 Å². The highest BCUT2D eigenvalue weighted by atomic mass is 16.5. The minimum Gasteiger partial charge on any atom is -0.497 e. The quantitative estimate of drug-likeness (QED) is 0.510. The van der Waals surface area contributed by atoms with Gasteiger partial charge in [0.25, 0.3) is 11.8 Å². The van der Waals surface area contributed by atoms with Crippen LogP contribution in [0, 0.1) is 0 Å². The maximum atomic E-state index is 12.0. The molecule has 31 heavy (non-hydrogen) atoms. The van der Waals surface area contributed by atoms with Gasteiger partial charge in [0.15, 0.2) is 0 Å². The zero-order chi connectivity index (χ0) is 22.0. The average molecular weight is 419 g/mol.